The molecule has 0 aliphatic heterocycles. The molecule has 30 heavy (non-hydrogen) atoms. The average Bonchev–Trinajstić information content (AvgIpc) is 3.05. The second-order valence-corrected chi connectivity index (χ2v) is 6.73. The van der Waals surface area contributed by atoms with Gasteiger partial charge < -0.3 is 14.0 Å². The molecule has 0 spiro atoms. The maximum atomic E-state index is 12.1. The van der Waals surface area contributed by atoms with Crippen LogP contribution in [0.2, 0.25) is 0 Å². The predicted octanol–water partition coefficient (Wildman–Crippen LogP) is 4.81. The van der Waals surface area contributed by atoms with Crippen LogP contribution in [0.4, 0.5) is 5.69 Å². The topological polar surface area (TPSA) is 69.9 Å². The maximum absolute atomic E-state index is 12.1. The molecule has 0 unspecified atom stereocenters. The van der Waals surface area contributed by atoms with E-state index in [9.17, 15) is 9.59 Å². The Labute approximate surface area is 175 Å². The van der Waals surface area contributed by atoms with Crippen LogP contribution >= 0.6 is 0 Å². The third-order valence-electron chi connectivity index (χ3n) is 4.73. The molecule has 1 aromatic heterocycles. The van der Waals surface area contributed by atoms with E-state index in [1.54, 1.807) is 43.5 Å². The highest BCUT2D eigenvalue weighted by molar-refractivity contribution is 5.91. The Morgan fingerprint density at radius 3 is 2.40 bits per heavy atom. The summed E-state index contributed by atoms with van der Waals surface area (Å²) in [5, 5.41) is 0. The second-order valence-electron chi connectivity index (χ2n) is 6.73. The molecule has 6 nitrogen and oxygen atoms in total. The van der Waals surface area contributed by atoms with Crippen molar-refractivity contribution in [1.29, 1.82) is 0 Å². The van der Waals surface area contributed by atoms with Gasteiger partial charge in [-0.05, 0) is 69.3 Å². The summed E-state index contributed by atoms with van der Waals surface area (Å²) in [6.07, 6.45) is 1.79. The summed E-state index contributed by atoms with van der Waals surface area (Å²) in [6, 6.07) is 16.3. The highest BCUT2D eigenvalue weighted by Gasteiger charge is 2.12. The first-order chi connectivity index (χ1) is 14.4. The highest BCUT2D eigenvalue weighted by atomic mass is 16.5. The molecule has 2 aromatic carbocycles. The molecule has 0 atom stereocenters. The zero-order valence-corrected chi connectivity index (χ0v) is 17.5. The summed E-state index contributed by atoms with van der Waals surface area (Å²) in [4.78, 5) is 28.1. The summed E-state index contributed by atoms with van der Waals surface area (Å²) in [6.45, 7) is 6.14. The normalized spacial score (nSPS) is 10.9. The molecular formula is C24H24N2O4. The first-order valence-electron chi connectivity index (χ1n) is 9.63. The molecule has 0 N–H and O–H groups in total. The largest absolute Gasteiger partial charge is 0.465 e. The third-order valence-corrected chi connectivity index (χ3v) is 4.73. The summed E-state index contributed by atoms with van der Waals surface area (Å²) < 4.78 is 11.9. The van der Waals surface area contributed by atoms with Gasteiger partial charge in [-0.25, -0.2) is 9.59 Å². The Morgan fingerprint density at radius 2 is 1.73 bits per heavy atom. The fourth-order valence-electron chi connectivity index (χ4n) is 3.25. The first kappa shape index (κ1) is 21.0. The van der Waals surface area contributed by atoms with Crippen molar-refractivity contribution < 1.29 is 19.1 Å². The number of ether oxygens (including phenoxy) is 2. The Bertz CT molecular complexity index is 1090. The van der Waals surface area contributed by atoms with E-state index in [0.29, 0.717) is 17.7 Å². The molecule has 0 bridgehead atoms. The van der Waals surface area contributed by atoms with Crippen LogP contribution in [-0.2, 0) is 9.47 Å². The van der Waals surface area contributed by atoms with E-state index in [4.69, 9.17) is 9.47 Å². The number of hydrogen-bond donors (Lipinski definition) is 0. The Balaban J connectivity index is 1.87. The van der Waals surface area contributed by atoms with Gasteiger partial charge in [-0.1, -0.05) is 6.07 Å². The minimum absolute atomic E-state index is 0.334. The van der Waals surface area contributed by atoms with E-state index in [2.05, 4.69) is 9.56 Å². The molecule has 0 fully saturated rings. The molecule has 0 amide bonds. The van der Waals surface area contributed by atoms with Gasteiger partial charge >= 0.3 is 11.9 Å². The van der Waals surface area contributed by atoms with E-state index in [1.807, 2.05) is 38.1 Å². The molecular weight excluding hydrogens is 380 g/mol. The van der Waals surface area contributed by atoms with Crippen LogP contribution in [-0.4, -0.2) is 36.4 Å². The Kier molecular flexibility index (Phi) is 6.47. The van der Waals surface area contributed by atoms with Gasteiger partial charge in [-0.2, -0.15) is 0 Å². The molecule has 0 saturated carbocycles. The quantitative estimate of drug-likeness (QED) is 0.437. The van der Waals surface area contributed by atoms with Crippen LogP contribution in [0.25, 0.3) is 5.69 Å². The van der Waals surface area contributed by atoms with Crippen LogP contribution < -0.4 is 0 Å². The molecule has 0 radical (unpaired) electrons. The number of esters is 2. The molecule has 3 rings (SSSR count). The lowest BCUT2D eigenvalue weighted by molar-refractivity contribution is 0.0525. The lowest BCUT2D eigenvalue weighted by Crippen LogP contribution is -2.06. The number of hydrogen-bond acceptors (Lipinski definition) is 5. The summed E-state index contributed by atoms with van der Waals surface area (Å²) in [7, 11) is 1.35. The van der Waals surface area contributed by atoms with E-state index in [-0.39, 0.29) is 11.9 Å². The van der Waals surface area contributed by atoms with E-state index in [1.165, 1.54) is 7.11 Å². The Morgan fingerprint density at radius 1 is 1.00 bits per heavy atom. The van der Waals surface area contributed by atoms with Crippen molar-refractivity contribution in [2.75, 3.05) is 13.7 Å². The van der Waals surface area contributed by atoms with Crippen LogP contribution in [0.1, 0.15) is 44.6 Å². The van der Waals surface area contributed by atoms with Gasteiger partial charge in [0.25, 0.3) is 0 Å². The van der Waals surface area contributed by atoms with Crippen molar-refractivity contribution in [3.8, 4) is 5.69 Å². The monoisotopic (exact) mass is 404 g/mol. The molecule has 0 saturated heterocycles. The zero-order chi connectivity index (χ0) is 21.7. The highest BCUT2D eigenvalue weighted by Crippen LogP contribution is 2.22. The summed E-state index contributed by atoms with van der Waals surface area (Å²) in [5.41, 5.74) is 5.61. The van der Waals surface area contributed by atoms with Crippen molar-refractivity contribution in [3.05, 3.63) is 82.7 Å². The van der Waals surface area contributed by atoms with Crippen LogP contribution in [0, 0.1) is 13.8 Å². The third kappa shape index (κ3) is 4.49. The van der Waals surface area contributed by atoms with Gasteiger partial charge in [0.1, 0.15) is 0 Å². The van der Waals surface area contributed by atoms with Crippen LogP contribution in [0.5, 0.6) is 0 Å². The SMILES string of the molecule is CCOC(=O)c1cccc(-n2c(C)cc(C=Nc3ccc(C(=O)OC)cc3)c2C)c1. The number of aliphatic imine (C=N–C) groups is 1. The smallest absolute Gasteiger partial charge is 0.338 e. The van der Waals surface area contributed by atoms with Gasteiger partial charge in [0.15, 0.2) is 0 Å². The fraction of sp³-hybridized carbons (Fsp3) is 0.208. The molecule has 1 heterocycles. The average molecular weight is 404 g/mol. The molecule has 0 aliphatic rings. The van der Waals surface area contributed by atoms with Gasteiger partial charge in [-0.3, -0.25) is 4.99 Å². The Hall–Kier alpha value is -3.67. The van der Waals surface area contributed by atoms with Crippen LogP contribution in [0.15, 0.2) is 59.6 Å². The van der Waals surface area contributed by atoms with Crippen molar-refractivity contribution in [2.24, 2.45) is 4.99 Å². The standard InChI is InChI=1S/C24H24N2O4/c1-5-30-24(28)19-7-6-8-22(14-19)26-16(2)13-20(17(26)3)15-25-21-11-9-18(10-12-21)23(27)29-4/h6-15H,5H2,1-4H3. The number of methoxy groups -OCH3 is 1. The molecule has 154 valence electrons. The minimum atomic E-state index is -0.376. The lowest BCUT2D eigenvalue weighted by atomic mass is 10.2. The number of aromatic nitrogens is 1. The molecule has 6 heteroatoms. The minimum Gasteiger partial charge on any atom is -0.465 e. The molecule has 0 aliphatic carbocycles. The van der Waals surface area contributed by atoms with Crippen molar-refractivity contribution in [2.45, 2.75) is 20.8 Å². The van der Waals surface area contributed by atoms with Gasteiger partial charge in [0.05, 0.1) is 30.5 Å². The number of benzene rings is 2. The summed E-state index contributed by atoms with van der Waals surface area (Å²) in [5.74, 6) is -0.710. The van der Waals surface area contributed by atoms with E-state index < -0.39 is 0 Å². The fourth-order valence-corrected chi connectivity index (χ4v) is 3.25. The number of rotatable bonds is 6. The second kappa shape index (κ2) is 9.22. The van der Waals surface area contributed by atoms with Gasteiger partial charge in [-0.15, -0.1) is 0 Å². The van der Waals surface area contributed by atoms with Gasteiger partial charge in [0.2, 0.25) is 0 Å². The van der Waals surface area contributed by atoms with E-state index in [0.717, 1.165) is 28.3 Å². The lowest BCUT2D eigenvalue weighted by Gasteiger charge is -2.11. The zero-order valence-electron chi connectivity index (χ0n) is 17.5. The maximum Gasteiger partial charge on any atom is 0.338 e. The van der Waals surface area contributed by atoms with Crippen molar-refractivity contribution >= 4 is 23.8 Å². The number of aryl methyl sites for hydroxylation is 1. The summed E-state index contributed by atoms with van der Waals surface area (Å²) >= 11 is 0. The molecule has 3 aromatic rings. The van der Waals surface area contributed by atoms with Crippen LogP contribution in [0.3, 0.4) is 0 Å². The van der Waals surface area contributed by atoms with Crippen molar-refractivity contribution in [3.63, 3.8) is 0 Å². The predicted molar refractivity (Wildman–Crippen MR) is 116 cm³/mol. The number of carbonyl (C=O) groups is 2. The number of nitrogens with zero attached hydrogens (tertiary/aromatic N) is 2. The number of carbonyl (C=O) groups excluding carboxylic acids is 2. The van der Waals surface area contributed by atoms with E-state index >= 15 is 0 Å². The van der Waals surface area contributed by atoms with Gasteiger partial charge in [0, 0.05) is 28.9 Å². The van der Waals surface area contributed by atoms with Crippen molar-refractivity contribution in [1.82, 2.24) is 4.57 Å². The first-order valence-corrected chi connectivity index (χ1v) is 9.63.